The van der Waals surface area contributed by atoms with Gasteiger partial charge >= 0.3 is 5.97 Å². The van der Waals surface area contributed by atoms with Crippen molar-refractivity contribution in [2.45, 2.75) is 38.3 Å². The van der Waals surface area contributed by atoms with Gasteiger partial charge in [-0.1, -0.05) is 60.1 Å². The smallest absolute Gasteiger partial charge is 0.330 e. The van der Waals surface area contributed by atoms with Crippen LogP contribution in [0.15, 0.2) is 54.6 Å². The van der Waals surface area contributed by atoms with Gasteiger partial charge in [-0.3, -0.25) is 14.5 Å². The van der Waals surface area contributed by atoms with Gasteiger partial charge in [0.2, 0.25) is 11.8 Å². The Bertz CT molecular complexity index is 995. The number of carbonyl (C=O) groups is 3. The van der Waals surface area contributed by atoms with Crippen LogP contribution in [0, 0.1) is 23.7 Å². The van der Waals surface area contributed by atoms with Gasteiger partial charge in [-0.05, 0) is 42.7 Å². The number of ether oxygens (including phenoxy) is 1. The van der Waals surface area contributed by atoms with Crippen LogP contribution >= 0.6 is 11.6 Å². The highest BCUT2D eigenvalue weighted by molar-refractivity contribution is 6.31. The maximum atomic E-state index is 13.3. The summed E-state index contributed by atoms with van der Waals surface area (Å²) in [6, 6.07) is 15.6. The van der Waals surface area contributed by atoms with Gasteiger partial charge in [0.05, 0.1) is 11.8 Å². The molecule has 31 heavy (non-hydrogen) atoms. The minimum atomic E-state index is -0.963. The van der Waals surface area contributed by atoms with Crippen molar-refractivity contribution in [3.8, 4) is 0 Å². The quantitative estimate of drug-likeness (QED) is 0.505. The van der Waals surface area contributed by atoms with E-state index in [0.29, 0.717) is 10.6 Å². The molecule has 5 atom stereocenters. The van der Waals surface area contributed by atoms with E-state index >= 15 is 0 Å². The largest absolute Gasteiger partial charge is 0.459 e. The van der Waals surface area contributed by atoms with E-state index in [9.17, 15) is 14.4 Å². The molecule has 3 fully saturated rings. The molecule has 0 aromatic heterocycles. The zero-order chi connectivity index (χ0) is 21.5. The molecule has 2 aromatic carbocycles. The number of imide groups is 1. The summed E-state index contributed by atoms with van der Waals surface area (Å²) >= 11 is 6.18. The average Bonchev–Trinajstić information content (AvgIpc) is 3.46. The van der Waals surface area contributed by atoms with Crippen LogP contribution in [0.1, 0.15) is 30.4 Å². The van der Waals surface area contributed by atoms with E-state index in [0.717, 1.165) is 24.8 Å². The number of carbonyl (C=O) groups excluding carboxylic acids is 3. The number of rotatable bonds is 6. The molecule has 0 spiro atoms. The second-order valence-corrected chi connectivity index (χ2v) is 9.24. The second-order valence-electron chi connectivity index (χ2n) is 8.84. The molecule has 160 valence electrons. The standard InChI is InChI=1S/C25H24ClNO4/c26-19-9-5-4-8-18(19)14-31-25(30)20(12-15-6-2-1-3-7-15)27-23(28)21-16-10-11-17(13-16)22(21)24(27)29/h1-9,16-17,20-22H,10-14H2/t16-,17-,20+,21-,22+/m0/s1. The molecule has 5 rings (SSSR count). The first-order valence-corrected chi connectivity index (χ1v) is 11.2. The molecule has 2 aliphatic carbocycles. The third kappa shape index (κ3) is 3.55. The van der Waals surface area contributed by atoms with Crippen molar-refractivity contribution in [3.05, 3.63) is 70.7 Å². The monoisotopic (exact) mass is 437 g/mol. The van der Waals surface area contributed by atoms with Crippen molar-refractivity contribution < 1.29 is 19.1 Å². The number of likely N-dealkylation sites (tertiary alicyclic amines) is 1. The van der Waals surface area contributed by atoms with E-state index in [1.807, 2.05) is 36.4 Å². The van der Waals surface area contributed by atoms with E-state index in [1.54, 1.807) is 18.2 Å². The van der Waals surface area contributed by atoms with Crippen LogP contribution in [0.2, 0.25) is 5.02 Å². The first kappa shape index (κ1) is 20.3. The fraction of sp³-hybridized carbons (Fsp3) is 0.400. The molecule has 6 heteroatoms. The Morgan fingerprint density at radius 2 is 1.58 bits per heavy atom. The molecule has 1 saturated heterocycles. The highest BCUT2D eigenvalue weighted by Gasteiger charge is 2.62. The number of amides is 2. The van der Waals surface area contributed by atoms with Gasteiger partial charge in [0.15, 0.2) is 0 Å². The van der Waals surface area contributed by atoms with Crippen LogP contribution in [-0.4, -0.2) is 28.7 Å². The third-order valence-corrected chi connectivity index (χ3v) is 7.51. The summed E-state index contributed by atoms with van der Waals surface area (Å²) in [7, 11) is 0. The van der Waals surface area contributed by atoms with Crippen LogP contribution in [0.5, 0.6) is 0 Å². The van der Waals surface area contributed by atoms with Crippen LogP contribution < -0.4 is 0 Å². The van der Waals surface area contributed by atoms with Crippen LogP contribution in [0.4, 0.5) is 0 Å². The van der Waals surface area contributed by atoms with E-state index in [1.165, 1.54) is 4.90 Å². The molecule has 3 aliphatic rings. The van der Waals surface area contributed by atoms with Gasteiger partial charge in [0.1, 0.15) is 12.6 Å². The lowest BCUT2D eigenvalue weighted by molar-refractivity contribution is -0.160. The third-order valence-electron chi connectivity index (χ3n) is 7.14. The number of fused-ring (bicyclic) bond motifs is 5. The molecule has 2 amide bonds. The van der Waals surface area contributed by atoms with E-state index in [4.69, 9.17) is 16.3 Å². The normalized spacial score (nSPS) is 27.5. The van der Waals surface area contributed by atoms with Crippen molar-refractivity contribution in [1.29, 1.82) is 0 Å². The van der Waals surface area contributed by atoms with E-state index in [2.05, 4.69) is 0 Å². The number of halogens is 1. The average molecular weight is 438 g/mol. The summed E-state index contributed by atoms with van der Waals surface area (Å²) in [4.78, 5) is 41.1. The molecule has 2 aromatic rings. The fourth-order valence-electron chi connectivity index (χ4n) is 5.72. The van der Waals surface area contributed by atoms with Gasteiger partial charge in [-0.15, -0.1) is 0 Å². The lowest BCUT2D eigenvalue weighted by Gasteiger charge is -2.26. The summed E-state index contributed by atoms with van der Waals surface area (Å²) < 4.78 is 5.57. The van der Waals surface area contributed by atoms with Gasteiger partial charge in [0, 0.05) is 17.0 Å². The minimum absolute atomic E-state index is 0.00186. The maximum Gasteiger partial charge on any atom is 0.330 e. The minimum Gasteiger partial charge on any atom is -0.459 e. The van der Waals surface area contributed by atoms with Gasteiger partial charge in [0.25, 0.3) is 0 Å². The van der Waals surface area contributed by atoms with Crippen LogP contribution in [0.25, 0.3) is 0 Å². The first-order chi connectivity index (χ1) is 15.0. The number of hydrogen-bond donors (Lipinski definition) is 0. The summed E-state index contributed by atoms with van der Waals surface area (Å²) in [5.41, 5.74) is 1.56. The molecule has 5 nitrogen and oxygen atoms in total. The van der Waals surface area contributed by atoms with Crippen LogP contribution in [-0.2, 0) is 32.1 Å². The molecule has 0 unspecified atom stereocenters. The zero-order valence-corrected chi connectivity index (χ0v) is 17.8. The Labute approximate surface area is 186 Å². The Morgan fingerprint density at radius 3 is 2.23 bits per heavy atom. The number of esters is 1. The molecule has 1 heterocycles. The van der Waals surface area contributed by atoms with Crippen molar-refractivity contribution in [2.75, 3.05) is 0 Å². The molecule has 0 N–H and O–H groups in total. The van der Waals surface area contributed by atoms with Crippen molar-refractivity contribution >= 4 is 29.4 Å². The lowest BCUT2D eigenvalue weighted by atomic mass is 9.81. The molecule has 2 saturated carbocycles. The fourth-order valence-corrected chi connectivity index (χ4v) is 5.91. The molecule has 0 radical (unpaired) electrons. The van der Waals surface area contributed by atoms with Crippen molar-refractivity contribution in [2.24, 2.45) is 23.7 Å². The van der Waals surface area contributed by atoms with Gasteiger partial charge in [-0.25, -0.2) is 4.79 Å². The zero-order valence-electron chi connectivity index (χ0n) is 17.1. The molecule has 2 bridgehead atoms. The Kier molecular flexibility index (Phi) is 5.30. The van der Waals surface area contributed by atoms with E-state index < -0.39 is 12.0 Å². The van der Waals surface area contributed by atoms with Gasteiger partial charge in [-0.2, -0.15) is 0 Å². The molecular formula is C25H24ClNO4. The molecule has 1 aliphatic heterocycles. The SMILES string of the molecule is O=C(OCc1ccccc1Cl)[C@@H](Cc1ccccc1)N1C(=O)[C@@H]2[C@H]3CC[C@@H](C3)[C@@H]2C1=O. The summed E-state index contributed by atoms with van der Waals surface area (Å²) in [6.07, 6.45) is 3.20. The topological polar surface area (TPSA) is 63.7 Å². The van der Waals surface area contributed by atoms with Crippen LogP contribution in [0.3, 0.4) is 0 Å². The first-order valence-electron chi connectivity index (χ1n) is 10.9. The number of hydrogen-bond acceptors (Lipinski definition) is 4. The summed E-state index contributed by atoms with van der Waals surface area (Å²) in [6.45, 7) is -0.00186. The van der Waals surface area contributed by atoms with Gasteiger partial charge < -0.3 is 4.74 Å². The molecular weight excluding hydrogens is 414 g/mol. The highest BCUT2D eigenvalue weighted by Crippen LogP contribution is 2.56. The Morgan fingerprint density at radius 1 is 0.968 bits per heavy atom. The van der Waals surface area contributed by atoms with E-state index in [-0.39, 0.29) is 48.5 Å². The predicted octanol–water partition coefficient (Wildman–Crippen LogP) is 4.03. The number of benzene rings is 2. The Hall–Kier alpha value is -2.66. The van der Waals surface area contributed by atoms with Crippen molar-refractivity contribution in [3.63, 3.8) is 0 Å². The lowest BCUT2D eigenvalue weighted by Crippen LogP contribution is -2.48. The Balaban J connectivity index is 1.40. The summed E-state index contributed by atoms with van der Waals surface area (Å²) in [5, 5.41) is 0.509. The highest BCUT2D eigenvalue weighted by atomic mass is 35.5. The van der Waals surface area contributed by atoms with Crippen molar-refractivity contribution in [1.82, 2.24) is 4.90 Å². The summed E-state index contributed by atoms with van der Waals surface area (Å²) in [5.74, 6) is -0.948. The second kappa shape index (κ2) is 8.12. The maximum absolute atomic E-state index is 13.3. The number of nitrogens with zero attached hydrogens (tertiary/aromatic N) is 1. The predicted molar refractivity (Wildman–Crippen MR) is 115 cm³/mol.